The monoisotopic (exact) mass is 514 g/mol. The zero-order valence-electron chi connectivity index (χ0n) is 18.0. The highest BCUT2D eigenvalue weighted by atomic mass is 19.2. The summed E-state index contributed by atoms with van der Waals surface area (Å²) in [6.07, 6.45) is 2.13. The number of nitrogens with zero attached hydrogens (tertiary/aromatic N) is 3. The van der Waals surface area contributed by atoms with Crippen molar-refractivity contribution in [3.05, 3.63) is 93.9 Å². The van der Waals surface area contributed by atoms with Crippen LogP contribution in [0.4, 0.5) is 36.4 Å². The molecule has 0 atom stereocenters. The number of benzene rings is 2. The first-order valence-corrected chi connectivity index (χ1v) is 9.94. The molecule has 0 unspecified atom stereocenters. The number of halogens is 7. The van der Waals surface area contributed by atoms with E-state index in [1.807, 2.05) is 0 Å². The maximum Gasteiger partial charge on any atom is 0.278 e. The Morgan fingerprint density at radius 2 is 1.67 bits per heavy atom. The summed E-state index contributed by atoms with van der Waals surface area (Å²) < 4.78 is 106. The number of anilines is 1. The number of ether oxygens (including phenoxy) is 1. The zero-order chi connectivity index (χ0) is 26.1. The van der Waals surface area contributed by atoms with Crippen molar-refractivity contribution in [2.75, 3.05) is 5.32 Å². The van der Waals surface area contributed by atoms with Crippen LogP contribution >= 0.6 is 0 Å². The normalized spacial score (nSPS) is 11.1. The van der Waals surface area contributed by atoms with Gasteiger partial charge in [-0.25, -0.2) is 30.7 Å². The number of aryl methyl sites for hydroxylation is 1. The van der Waals surface area contributed by atoms with Crippen LogP contribution in [0.25, 0.3) is 0 Å². The van der Waals surface area contributed by atoms with E-state index in [-0.39, 0.29) is 35.1 Å². The summed E-state index contributed by atoms with van der Waals surface area (Å²) in [4.78, 5) is 12.7. The topological polar surface area (TPSA) is 82.2 Å². The molecule has 0 saturated carbocycles. The van der Waals surface area contributed by atoms with E-state index in [0.717, 1.165) is 29.2 Å². The Morgan fingerprint density at radius 1 is 1.00 bits per heavy atom. The molecule has 1 N–H and O–H groups in total. The summed E-state index contributed by atoms with van der Waals surface area (Å²) in [5.41, 5.74) is -1.24. The molecular weight excluding hydrogens is 501 g/mol. The van der Waals surface area contributed by atoms with Gasteiger partial charge in [-0.2, -0.15) is 5.10 Å². The van der Waals surface area contributed by atoms with Crippen LogP contribution in [0.2, 0.25) is 0 Å². The lowest BCUT2D eigenvalue weighted by atomic mass is 10.1. The highest BCUT2D eigenvalue weighted by molar-refractivity contribution is 6.03. The summed E-state index contributed by atoms with van der Waals surface area (Å²) in [5.74, 6) is -13.2. The fraction of sp³-hybridized carbons (Fsp3) is 0.136. The van der Waals surface area contributed by atoms with Crippen molar-refractivity contribution in [3.8, 4) is 5.75 Å². The molecule has 0 radical (unpaired) electrons. The standard InChI is InChI=1S/C22H13F7N4O3/c1-9-13(8-35-15-3-2-10(23)4-14(15)24)21(32-36-9)22(34)31-11-5-30-33(6-11)7-12-16(25)18(27)20(29)19(28)17(12)26/h2-6H,7-8H2,1H3,(H,31,34). The molecule has 0 spiro atoms. The van der Waals surface area contributed by atoms with E-state index < -0.39 is 58.7 Å². The van der Waals surface area contributed by atoms with Gasteiger partial charge in [0.15, 0.2) is 40.5 Å². The van der Waals surface area contributed by atoms with Gasteiger partial charge in [-0.3, -0.25) is 9.48 Å². The van der Waals surface area contributed by atoms with E-state index in [9.17, 15) is 35.5 Å². The van der Waals surface area contributed by atoms with Crippen molar-refractivity contribution < 1.29 is 44.8 Å². The first-order chi connectivity index (χ1) is 17.1. The quantitative estimate of drug-likeness (QED) is 0.213. The molecule has 2 aromatic carbocycles. The van der Waals surface area contributed by atoms with E-state index in [1.54, 1.807) is 0 Å². The molecule has 0 saturated heterocycles. The lowest BCUT2D eigenvalue weighted by molar-refractivity contribution is 0.101. The Bertz CT molecular complexity index is 1440. The van der Waals surface area contributed by atoms with Crippen LogP contribution in [0, 0.1) is 47.6 Å². The number of amides is 1. The fourth-order valence-electron chi connectivity index (χ4n) is 3.14. The Hall–Kier alpha value is -4.36. The van der Waals surface area contributed by atoms with Crippen molar-refractivity contribution in [1.29, 1.82) is 0 Å². The molecular formula is C22H13F7N4O3. The third-order valence-electron chi connectivity index (χ3n) is 4.98. The minimum absolute atomic E-state index is 0.0130. The number of carbonyl (C=O) groups excluding carboxylic acids is 1. The molecule has 0 aliphatic rings. The number of hydrogen-bond donors (Lipinski definition) is 1. The van der Waals surface area contributed by atoms with Gasteiger partial charge < -0.3 is 14.6 Å². The SMILES string of the molecule is Cc1onc(C(=O)Nc2cnn(Cc3c(F)c(F)c(F)c(F)c3F)c2)c1COc1ccc(F)cc1F. The minimum Gasteiger partial charge on any atom is -0.486 e. The molecule has 4 aromatic rings. The van der Waals surface area contributed by atoms with Crippen molar-refractivity contribution in [2.45, 2.75) is 20.1 Å². The zero-order valence-corrected chi connectivity index (χ0v) is 18.0. The minimum atomic E-state index is -2.29. The number of carbonyl (C=O) groups is 1. The molecule has 0 aliphatic heterocycles. The number of aromatic nitrogens is 3. The van der Waals surface area contributed by atoms with Gasteiger partial charge in [0, 0.05) is 12.3 Å². The molecule has 7 nitrogen and oxygen atoms in total. The van der Waals surface area contributed by atoms with E-state index >= 15 is 0 Å². The number of rotatable bonds is 7. The summed E-state index contributed by atoms with van der Waals surface area (Å²) in [7, 11) is 0. The summed E-state index contributed by atoms with van der Waals surface area (Å²) in [6, 6.07) is 2.66. The van der Waals surface area contributed by atoms with Gasteiger partial charge >= 0.3 is 0 Å². The Labute approximate surface area is 197 Å². The van der Waals surface area contributed by atoms with Gasteiger partial charge in [-0.05, 0) is 19.1 Å². The smallest absolute Gasteiger partial charge is 0.278 e. The first kappa shape index (κ1) is 24.8. The predicted molar refractivity (Wildman–Crippen MR) is 107 cm³/mol. The number of hydrogen-bond acceptors (Lipinski definition) is 5. The predicted octanol–water partition coefficient (Wildman–Crippen LogP) is 5.03. The van der Waals surface area contributed by atoms with Crippen LogP contribution in [0.1, 0.15) is 27.4 Å². The summed E-state index contributed by atoms with van der Waals surface area (Å²) in [5, 5.41) is 9.73. The van der Waals surface area contributed by atoms with Crippen molar-refractivity contribution >= 4 is 11.6 Å². The van der Waals surface area contributed by atoms with Gasteiger partial charge in [0.2, 0.25) is 5.82 Å². The molecule has 36 heavy (non-hydrogen) atoms. The largest absolute Gasteiger partial charge is 0.486 e. The Morgan fingerprint density at radius 3 is 2.33 bits per heavy atom. The van der Waals surface area contributed by atoms with E-state index in [0.29, 0.717) is 6.07 Å². The Balaban J connectivity index is 1.48. The van der Waals surface area contributed by atoms with Crippen LogP contribution in [0.3, 0.4) is 0 Å². The highest BCUT2D eigenvalue weighted by Gasteiger charge is 2.26. The van der Waals surface area contributed by atoms with Gasteiger partial charge in [-0.1, -0.05) is 5.16 Å². The molecule has 1 amide bonds. The van der Waals surface area contributed by atoms with Crippen molar-refractivity contribution in [1.82, 2.24) is 14.9 Å². The van der Waals surface area contributed by atoms with E-state index in [2.05, 4.69) is 15.6 Å². The van der Waals surface area contributed by atoms with Crippen LogP contribution < -0.4 is 10.1 Å². The van der Waals surface area contributed by atoms with Gasteiger partial charge in [0.25, 0.3) is 5.91 Å². The molecule has 0 aliphatic carbocycles. The second-order valence-corrected chi connectivity index (χ2v) is 7.36. The first-order valence-electron chi connectivity index (χ1n) is 9.94. The maximum atomic E-state index is 13.9. The second-order valence-electron chi connectivity index (χ2n) is 7.36. The van der Waals surface area contributed by atoms with Crippen LogP contribution in [0.5, 0.6) is 5.75 Å². The van der Waals surface area contributed by atoms with Crippen LogP contribution in [-0.4, -0.2) is 20.8 Å². The van der Waals surface area contributed by atoms with Crippen LogP contribution in [0.15, 0.2) is 35.1 Å². The molecule has 4 rings (SSSR count). The van der Waals surface area contributed by atoms with Crippen molar-refractivity contribution in [2.24, 2.45) is 0 Å². The lowest BCUT2D eigenvalue weighted by Crippen LogP contribution is -2.15. The molecule has 2 heterocycles. The molecule has 2 aromatic heterocycles. The molecule has 0 fully saturated rings. The van der Waals surface area contributed by atoms with Gasteiger partial charge in [-0.15, -0.1) is 0 Å². The Kier molecular flexibility index (Phi) is 6.68. The third-order valence-corrected chi connectivity index (χ3v) is 4.98. The average molecular weight is 514 g/mol. The van der Waals surface area contributed by atoms with E-state index in [4.69, 9.17) is 9.26 Å². The average Bonchev–Trinajstić information content (AvgIpc) is 3.44. The summed E-state index contributed by atoms with van der Waals surface area (Å²) >= 11 is 0. The fourth-order valence-corrected chi connectivity index (χ4v) is 3.14. The van der Waals surface area contributed by atoms with Gasteiger partial charge in [0.05, 0.1) is 29.6 Å². The van der Waals surface area contributed by atoms with E-state index in [1.165, 1.54) is 6.92 Å². The van der Waals surface area contributed by atoms with Crippen LogP contribution in [-0.2, 0) is 13.2 Å². The summed E-state index contributed by atoms with van der Waals surface area (Å²) in [6.45, 7) is 0.277. The molecule has 14 heteroatoms. The van der Waals surface area contributed by atoms with Gasteiger partial charge in [0.1, 0.15) is 18.2 Å². The number of nitrogens with one attached hydrogen (secondary N) is 1. The highest BCUT2D eigenvalue weighted by Crippen LogP contribution is 2.25. The third kappa shape index (κ3) is 4.74. The maximum absolute atomic E-state index is 13.9. The second kappa shape index (κ2) is 9.71. The lowest BCUT2D eigenvalue weighted by Gasteiger charge is -2.08. The van der Waals surface area contributed by atoms with Crippen molar-refractivity contribution in [3.63, 3.8) is 0 Å². The molecule has 188 valence electrons. The molecule has 0 bridgehead atoms.